The van der Waals surface area contributed by atoms with Crippen LogP contribution in [-0.4, -0.2) is 19.1 Å². The van der Waals surface area contributed by atoms with Crippen LogP contribution in [0.15, 0.2) is 18.2 Å². The number of hydrogen-bond donors (Lipinski definition) is 2. The molecule has 2 aliphatic rings. The molecule has 2 bridgehead atoms. The number of nitrogens with one attached hydrogen (secondary N) is 1. The Labute approximate surface area is 130 Å². The van der Waals surface area contributed by atoms with E-state index in [1.54, 1.807) is 19.1 Å². The normalized spacial score (nSPS) is 31.1. The highest BCUT2D eigenvalue weighted by molar-refractivity contribution is 5.81. The second-order valence-corrected chi connectivity index (χ2v) is 6.52. The summed E-state index contributed by atoms with van der Waals surface area (Å²) in [7, 11) is 1.50. The molecule has 5 atom stereocenters. The van der Waals surface area contributed by atoms with Gasteiger partial charge in [0, 0.05) is 6.04 Å². The van der Waals surface area contributed by atoms with Gasteiger partial charge in [0.2, 0.25) is 5.91 Å². The molecule has 1 aromatic rings. The summed E-state index contributed by atoms with van der Waals surface area (Å²) >= 11 is 0. The summed E-state index contributed by atoms with van der Waals surface area (Å²) in [5, 5.41) is 2.93. The maximum Gasteiger partial charge on any atom is 0.225 e. The molecule has 2 fully saturated rings. The zero-order chi connectivity index (χ0) is 15.9. The summed E-state index contributed by atoms with van der Waals surface area (Å²) in [5.41, 5.74) is 6.59. The van der Waals surface area contributed by atoms with E-state index in [0.29, 0.717) is 23.1 Å². The van der Waals surface area contributed by atoms with Crippen molar-refractivity contribution in [3.05, 3.63) is 29.6 Å². The van der Waals surface area contributed by atoms with E-state index >= 15 is 0 Å². The molecule has 1 aromatic carbocycles. The molecule has 120 valence electrons. The number of benzene rings is 1. The highest BCUT2D eigenvalue weighted by atomic mass is 19.1. The van der Waals surface area contributed by atoms with Gasteiger partial charge in [0.05, 0.1) is 24.6 Å². The smallest absolute Gasteiger partial charge is 0.225 e. The Hall–Kier alpha value is -1.62. The van der Waals surface area contributed by atoms with Gasteiger partial charge >= 0.3 is 0 Å². The molecule has 22 heavy (non-hydrogen) atoms. The summed E-state index contributed by atoms with van der Waals surface area (Å²) in [6.07, 6.45) is 3.26. The van der Waals surface area contributed by atoms with Crippen molar-refractivity contribution in [2.45, 2.75) is 38.3 Å². The molecule has 0 saturated heterocycles. The Balaban J connectivity index is 1.75. The van der Waals surface area contributed by atoms with Gasteiger partial charge in [-0.1, -0.05) is 6.07 Å². The van der Waals surface area contributed by atoms with E-state index in [1.807, 2.05) is 0 Å². The van der Waals surface area contributed by atoms with E-state index in [2.05, 4.69) is 5.32 Å². The predicted molar refractivity (Wildman–Crippen MR) is 81.8 cm³/mol. The standard InChI is InChI=1S/C17H23FN2O2/c1-9(14-12(18)4-3-5-13(14)22-2)20-17(21)15-10-6-7-11(8-10)16(15)19/h3-5,9-11,15-16H,6-8,19H2,1-2H3,(H,20,21). The fraction of sp³-hybridized carbons (Fsp3) is 0.588. The zero-order valence-electron chi connectivity index (χ0n) is 13.0. The van der Waals surface area contributed by atoms with Gasteiger partial charge in [0.1, 0.15) is 11.6 Å². The number of halogens is 1. The minimum atomic E-state index is -0.449. The second-order valence-electron chi connectivity index (χ2n) is 6.52. The fourth-order valence-electron chi connectivity index (χ4n) is 4.22. The van der Waals surface area contributed by atoms with Crippen LogP contribution >= 0.6 is 0 Å². The molecule has 4 nitrogen and oxygen atoms in total. The van der Waals surface area contributed by atoms with Gasteiger partial charge in [-0.2, -0.15) is 0 Å². The molecule has 0 heterocycles. The summed E-state index contributed by atoms with van der Waals surface area (Å²) < 4.78 is 19.3. The predicted octanol–water partition coefficient (Wildman–Crippen LogP) is 2.38. The molecule has 0 aliphatic heterocycles. The summed E-state index contributed by atoms with van der Waals surface area (Å²) in [5.74, 6) is 0.736. The van der Waals surface area contributed by atoms with Crippen molar-refractivity contribution in [3.8, 4) is 5.75 Å². The lowest BCUT2D eigenvalue weighted by Crippen LogP contribution is -2.45. The van der Waals surface area contributed by atoms with E-state index in [1.165, 1.54) is 13.2 Å². The maximum absolute atomic E-state index is 14.1. The molecule has 2 aliphatic carbocycles. The topological polar surface area (TPSA) is 64.3 Å². The minimum absolute atomic E-state index is 0.0579. The third-order valence-corrected chi connectivity index (χ3v) is 5.31. The Morgan fingerprint density at radius 3 is 2.77 bits per heavy atom. The van der Waals surface area contributed by atoms with Crippen LogP contribution in [0, 0.1) is 23.6 Å². The van der Waals surface area contributed by atoms with Crippen LogP contribution in [0.3, 0.4) is 0 Å². The third-order valence-electron chi connectivity index (χ3n) is 5.31. The number of carbonyl (C=O) groups is 1. The van der Waals surface area contributed by atoms with E-state index in [0.717, 1.165) is 19.3 Å². The molecule has 0 radical (unpaired) electrons. The van der Waals surface area contributed by atoms with E-state index in [9.17, 15) is 9.18 Å². The van der Waals surface area contributed by atoms with Crippen LogP contribution in [0.25, 0.3) is 0 Å². The molecular weight excluding hydrogens is 283 g/mol. The molecular formula is C17H23FN2O2. The number of amides is 1. The van der Waals surface area contributed by atoms with Gasteiger partial charge < -0.3 is 15.8 Å². The average molecular weight is 306 g/mol. The minimum Gasteiger partial charge on any atom is -0.496 e. The maximum atomic E-state index is 14.1. The fourth-order valence-corrected chi connectivity index (χ4v) is 4.22. The SMILES string of the molecule is COc1cccc(F)c1C(C)NC(=O)C1C2CCC(C2)C1N. The van der Waals surface area contributed by atoms with Gasteiger partial charge in [-0.3, -0.25) is 4.79 Å². The zero-order valence-corrected chi connectivity index (χ0v) is 13.0. The van der Waals surface area contributed by atoms with Gasteiger partial charge in [-0.15, -0.1) is 0 Å². The van der Waals surface area contributed by atoms with E-state index in [-0.39, 0.29) is 23.7 Å². The van der Waals surface area contributed by atoms with Crippen molar-refractivity contribution in [2.75, 3.05) is 7.11 Å². The monoisotopic (exact) mass is 306 g/mol. The van der Waals surface area contributed by atoms with Crippen molar-refractivity contribution in [1.29, 1.82) is 0 Å². The van der Waals surface area contributed by atoms with Gasteiger partial charge in [0.15, 0.2) is 0 Å². The van der Waals surface area contributed by atoms with Crippen LogP contribution in [-0.2, 0) is 4.79 Å². The third kappa shape index (κ3) is 2.47. The highest BCUT2D eigenvalue weighted by Crippen LogP contribution is 2.47. The van der Waals surface area contributed by atoms with Crippen LogP contribution in [0.4, 0.5) is 4.39 Å². The van der Waals surface area contributed by atoms with Crippen LogP contribution in [0.5, 0.6) is 5.75 Å². The van der Waals surface area contributed by atoms with Crippen molar-refractivity contribution in [3.63, 3.8) is 0 Å². The molecule has 1 amide bonds. The van der Waals surface area contributed by atoms with Gasteiger partial charge in [-0.25, -0.2) is 4.39 Å². The first-order valence-electron chi connectivity index (χ1n) is 7.91. The first-order chi connectivity index (χ1) is 10.5. The van der Waals surface area contributed by atoms with Gasteiger partial charge in [-0.05, 0) is 50.2 Å². The lowest BCUT2D eigenvalue weighted by molar-refractivity contribution is -0.127. The lowest BCUT2D eigenvalue weighted by atomic mass is 9.84. The number of rotatable bonds is 4. The van der Waals surface area contributed by atoms with Crippen molar-refractivity contribution in [1.82, 2.24) is 5.32 Å². The number of fused-ring (bicyclic) bond motifs is 2. The number of nitrogens with two attached hydrogens (primary N) is 1. The second kappa shape index (κ2) is 5.88. The molecule has 2 saturated carbocycles. The Bertz CT molecular complexity index is 576. The largest absolute Gasteiger partial charge is 0.496 e. The van der Waals surface area contributed by atoms with Crippen LogP contribution in [0.1, 0.15) is 37.8 Å². The quantitative estimate of drug-likeness (QED) is 0.897. The highest BCUT2D eigenvalue weighted by Gasteiger charge is 2.49. The van der Waals surface area contributed by atoms with Crippen LogP contribution in [0.2, 0.25) is 0 Å². The molecule has 5 heteroatoms. The lowest BCUT2D eigenvalue weighted by Gasteiger charge is -2.28. The van der Waals surface area contributed by atoms with Crippen molar-refractivity contribution in [2.24, 2.45) is 23.5 Å². The molecule has 0 aromatic heterocycles. The first kappa shape index (κ1) is 15.3. The number of ether oxygens (including phenoxy) is 1. The van der Waals surface area contributed by atoms with Crippen LogP contribution < -0.4 is 15.8 Å². The molecule has 3 rings (SSSR count). The summed E-state index contributed by atoms with van der Waals surface area (Å²) in [6.45, 7) is 1.78. The Morgan fingerprint density at radius 2 is 2.14 bits per heavy atom. The Kier molecular flexibility index (Phi) is 4.08. The summed E-state index contributed by atoms with van der Waals surface area (Å²) in [6, 6.07) is 4.16. The summed E-state index contributed by atoms with van der Waals surface area (Å²) in [4.78, 5) is 12.6. The number of methoxy groups -OCH3 is 1. The molecule has 3 N–H and O–H groups in total. The van der Waals surface area contributed by atoms with Crippen molar-refractivity contribution >= 4 is 5.91 Å². The van der Waals surface area contributed by atoms with Crippen molar-refractivity contribution < 1.29 is 13.9 Å². The average Bonchev–Trinajstić information content (AvgIpc) is 3.07. The van der Waals surface area contributed by atoms with Gasteiger partial charge in [0.25, 0.3) is 0 Å². The number of hydrogen-bond acceptors (Lipinski definition) is 3. The molecule has 5 unspecified atom stereocenters. The van der Waals surface area contributed by atoms with E-state index < -0.39 is 6.04 Å². The first-order valence-corrected chi connectivity index (χ1v) is 7.91. The Morgan fingerprint density at radius 1 is 1.41 bits per heavy atom. The number of carbonyl (C=O) groups excluding carboxylic acids is 1. The molecule has 0 spiro atoms. The van der Waals surface area contributed by atoms with E-state index in [4.69, 9.17) is 10.5 Å².